The Morgan fingerprint density at radius 1 is 1.32 bits per heavy atom. The monoisotopic (exact) mass is 264 g/mol. The SMILES string of the molecule is O=C(NCC(O)Cc1ccccc1)N1CCOCC1. The van der Waals surface area contributed by atoms with Gasteiger partial charge < -0.3 is 20.1 Å². The van der Waals surface area contributed by atoms with Gasteiger partial charge in [-0.2, -0.15) is 0 Å². The molecule has 1 saturated heterocycles. The van der Waals surface area contributed by atoms with Gasteiger partial charge in [0.2, 0.25) is 0 Å². The first-order valence-electron chi connectivity index (χ1n) is 6.58. The number of nitrogens with one attached hydrogen (secondary N) is 1. The van der Waals surface area contributed by atoms with Crippen LogP contribution in [0.1, 0.15) is 5.56 Å². The number of carbonyl (C=O) groups is 1. The molecule has 1 fully saturated rings. The molecule has 1 aliphatic rings. The third-order valence-corrected chi connectivity index (χ3v) is 3.10. The van der Waals surface area contributed by atoms with E-state index in [1.165, 1.54) is 0 Å². The van der Waals surface area contributed by atoms with Gasteiger partial charge in [-0.3, -0.25) is 0 Å². The number of hydrogen-bond donors (Lipinski definition) is 2. The van der Waals surface area contributed by atoms with Gasteiger partial charge in [0.25, 0.3) is 0 Å². The standard InChI is InChI=1S/C14H20N2O3/c17-13(10-12-4-2-1-3-5-12)11-15-14(18)16-6-8-19-9-7-16/h1-5,13,17H,6-11H2,(H,15,18). The molecule has 19 heavy (non-hydrogen) atoms. The van der Waals surface area contributed by atoms with E-state index in [0.717, 1.165) is 5.56 Å². The lowest BCUT2D eigenvalue weighted by atomic mass is 10.1. The molecule has 2 N–H and O–H groups in total. The maximum absolute atomic E-state index is 11.8. The number of ether oxygens (including phenoxy) is 1. The Bertz CT molecular complexity index is 391. The highest BCUT2D eigenvalue weighted by atomic mass is 16.5. The number of carbonyl (C=O) groups excluding carboxylic acids is 1. The first-order chi connectivity index (χ1) is 9.25. The molecule has 1 atom stereocenters. The number of urea groups is 1. The van der Waals surface area contributed by atoms with Crippen molar-refractivity contribution < 1.29 is 14.6 Å². The third-order valence-electron chi connectivity index (χ3n) is 3.10. The highest BCUT2D eigenvalue weighted by Gasteiger charge is 2.17. The summed E-state index contributed by atoms with van der Waals surface area (Å²) in [6.07, 6.45) is -0.0167. The van der Waals surface area contributed by atoms with E-state index in [9.17, 15) is 9.90 Å². The first kappa shape index (κ1) is 13.8. The average Bonchev–Trinajstić information content (AvgIpc) is 2.47. The number of aliphatic hydroxyl groups is 1. The van der Waals surface area contributed by atoms with E-state index in [2.05, 4.69) is 5.32 Å². The summed E-state index contributed by atoms with van der Waals surface area (Å²) in [6.45, 7) is 2.66. The molecule has 1 heterocycles. The zero-order valence-electron chi connectivity index (χ0n) is 10.9. The van der Waals surface area contributed by atoms with Crippen LogP contribution in [0.3, 0.4) is 0 Å². The van der Waals surface area contributed by atoms with Crippen molar-refractivity contribution in [2.45, 2.75) is 12.5 Å². The summed E-state index contributed by atoms with van der Waals surface area (Å²) in [7, 11) is 0. The van der Waals surface area contributed by atoms with E-state index in [-0.39, 0.29) is 12.6 Å². The van der Waals surface area contributed by atoms with Crippen LogP contribution in [0.2, 0.25) is 0 Å². The number of amides is 2. The van der Waals surface area contributed by atoms with Crippen LogP contribution in [0.15, 0.2) is 30.3 Å². The molecule has 1 aromatic carbocycles. The topological polar surface area (TPSA) is 61.8 Å². The molecule has 104 valence electrons. The molecule has 0 saturated carbocycles. The lowest BCUT2D eigenvalue weighted by molar-refractivity contribution is 0.0521. The Morgan fingerprint density at radius 2 is 2.00 bits per heavy atom. The van der Waals surface area contributed by atoms with E-state index in [4.69, 9.17) is 4.74 Å². The van der Waals surface area contributed by atoms with E-state index < -0.39 is 6.10 Å². The Hall–Kier alpha value is -1.59. The molecule has 1 aromatic rings. The first-order valence-corrected chi connectivity index (χ1v) is 6.58. The molecule has 0 aromatic heterocycles. The number of benzene rings is 1. The van der Waals surface area contributed by atoms with Crippen LogP contribution in [-0.4, -0.2) is 55.0 Å². The predicted molar refractivity (Wildman–Crippen MR) is 71.9 cm³/mol. The summed E-state index contributed by atoms with van der Waals surface area (Å²) in [4.78, 5) is 13.5. The summed E-state index contributed by atoms with van der Waals surface area (Å²) >= 11 is 0. The minimum absolute atomic E-state index is 0.129. The fourth-order valence-electron chi connectivity index (χ4n) is 2.04. The van der Waals surface area contributed by atoms with Crippen LogP contribution in [0, 0.1) is 0 Å². The van der Waals surface area contributed by atoms with Crippen LogP contribution >= 0.6 is 0 Å². The maximum Gasteiger partial charge on any atom is 0.317 e. The van der Waals surface area contributed by atoms with Crippen molar-refractivity contribution in [3.63, 3.8) is 0 Å². The molecule has 0 aliphatic carbocycles. The van der Waals surface area contributed by atoms with Crippen molar-refractivity contribution >= 4 is 6.03 Å². The second-order valence-corrected chi connectivity index (χ2v) is 4.63. The zero-order chi connectivity index (χ0) is 13.5. The van der Waals surface area contributed by atoms with Crippen molar-refractivity contribution in [2.24, 2.45) is 0 Å². The molecule has 0 spiro atoms. The van der Waals surface area contributed by atoms with Crippen molar-refractivity contribution in [1.82, 2.24) is 10.2 Å². The molecule has 1 aliphatic heterocycles. The van der Waals surface area contributed by atoms with Crippen molar-refractivity contribution in [3.8, 4) is 0 Å². The molecule has 0 radical (unpaired) electrons. The largest absolute Gasteiger partial charge is 0.391 e. The van der Waals surface area contributed by atoms with Crippen molar-refractivity contribution in [3.05, 3.63) is 35.9 Å². The number of hydrogen-bond acceptors (Lipinski definition) is 3. The van der Waals surface area contributed by atoms with Gasteiger partial charge in [0.15, 0.2) is 0 Å². The van der Waals surface area contributed by atoms with Crippen LogP contribution in [0.5, 0.6) is 0 Å². The Morgan fingerprint density at radius 3 is 2.68 bits per heavy atom. The quantitative estimate of drug-likeness (QED) is 0.838. The van der Waals surface area contributed by atoms with E-state index in [0.29, 0.717) is 32.7 Å². The van der Waals surface area contributed by atoms with Gasteiger partial charge in [0, 0.05) is 26.1 Å². The predicted octanol–water partition coefficient (Wildman–Crippen LogP) is 0.632. The Balaban J connectivity index is 1.71. The number of nitrogens with zero attached hydrogens (tertiary/aromatic N) is 1. The molecule has 1 unspecified atom stereocenters. The van der Waals surface area contributed by atoms with Crippen LogP contribution < -0.4 is 5.32 Å². The van der Waals surface area contributed by atoms with Gasteiger partial charge in [-0.15, -0.1) is 0 Å². The average molecular weight is 264 g/mol. The fraction of sp³-hybridized carbons (Fsp3) is 0.500. The fourth-order valence-corrected chi connectivity index (χ4v) is 2.04. The molecule has 0 bridgehead atoms. The van der Waals surface area contributed by atoms with E-state index in [1.807, 2.05) is 30.3 Å². The smallest absolute Gasteiger partial charge is 0.317 e. The number of rotatable bonds is 4. The van der Waals surface area contributed by atoms with E-state index in [1.54, 1.807) is 4.90 Å². The van der Waals surface area contributed by atoms with Crippen molar-refractivity contribution in [2.75, 3.05) is 32.8 Å². The van der Waals surface area contributed by atoms with E-state index >= 15 is 0 Å². The van der Waals surface area contributed by atoms with Crippen LogP contribution in [0.25, 0.3) is 0 Å². The summed E-state index contributed by atoms with van der Waals surface area (Å²) in [5.41, 5.74) is 1.07. The van der Waals surface area contributed by atoms with Crippen LogP contribution in [0.4, 0.5) is 4.79 Å². The minimum atomic E-state index is -0.563. The molecule has 5 heteroatoms. The highest BCUT2D eigenvalue weighted by molar-refractivity contribution is 5.74. The summed E-state index contributed by atoms with van der Waals surface area (Å²) < 4.78 is 5.18. The summed E-state index contributed by atoms with van der Waals surface area (Å²) in [5, 5.41) is 12.6. The Kier molecular flexibility index (Phi) is 5.18. The molecule has 5 nitrogen and oxygen atoms in total. The Labute approximate surface area is 113 Å². The minimum Gasteiger partial charge on any atom is -0.391 e. The lowest BCUT2D eigenvalue weighted by Crippen LogP contribution is -2.48. The normalized spacial score (nSPS) is 17.0. The molecule has 2 amide bonds. The maximum atomic E-state index is 11.8. The van der Waals surface area contributed by atoms with Crippen molar-refractivity contribution in [1.29, 1.82) is 0 Å². The third kappa shape index (κ3) is 4.54. The van der Waals surface area contributed by atoms with Gasteiger partial charge in [-0.05, 0) is 5.56 Å². The lowest BCUT2D eigenvalue weighted by Gasteiger charge is -2.27. The van der Waals surface area contributed by atoms with Gasteiger partial charge in [0.1, 0.15) is 0 Å². The summed E-state index contributed by atoms with van der Waals surface area (Å²) in [5.74, 6) is 0. The number of aliphatic hydroxyl groups excluding tert-OH is 1. The van der Waals surface area contributed by atoms with Crippen LogP contribution in [-0.2, 0) is 11.2 Å². The summed E-state index contributed by atoms with van der Waals surface area (Å²) in [6, 6.07) is 9.62. The second kappa shape index (κ2) is 7.11. The van der Waals surface area contributed by atoms with Gasteiger partial charge >= 0.3 is 6.03 Å². The highest BCUT2D eigenvalue weighted by Crippen LogP contribution is 2.03. The molecular formula is C14H20N2O3. The molecular weight excluding hydrogens is 244 g/mol. The second-order valence-electron chi connectivity index (χ2n) is 4.63. The number of morpholine rings is 1. The zero-order valence-corrected chi connectivity index (χ0v) is 10.9. The van der Waals surface area contributed by atoms with Gasteiger partial charge in [0.05, 0.1) is 19.3 Å². The molecule has 2 rings (SSSR count). The van der Waals surface area contributed by atoms with Gasteiger partial charge in [-0.1, -0.05) is 30.3 Å². The van der Waals surface area contributed by atoms with Gasteiger partial charge in [-0.25, -0.2) is 4.79 Å².